The lowest BCUT2D eigenvalue weighted by molar-refractivity contribution is 0.102. The third-order valence-electron chi connectivity index (χ3n) is 5.22. The van der Waals surface area contributed by atoms with Crippen LogP contribution in [-0.2, 0) is 6.54 Å². The average molecular weight is 446 g/mol. The van der Waals surface area contributed by atoms with Crippen molar-refractivity contribution in [2.24, 2.45) is 0 Å². The fraction of sp³-hybridized carbons (Fsp3) is 0.160. The Balaban J connectivity index is 1.64. The van der Waals surface area contributed by atoms with Gasteiger partial charge in [0, 0.05) is 11.3 Å². The number of methoxy groups -OCH3 is 1. The van der Waals surface area contributed by atoms with Gasteiger partial charge in [-0.15, -0.1) is 0 Å². The number of hydrogen-bond donors (Lipinski definition) is 2. The highest BCUT2D eigenvalue weighted by Crippen LogP contribution is 2.17. The number of rotatable bonds is 5. The van der Waals surface area contributed by atoms with Gasteiger partial charge >= 0.3 is 0 Å². The van der Waals surface area contributed by atoms with Crippen LogP contribution in [0.5, 0.6) is 5.75 Å². The van der Waals surface area contributed by atoms with Gasteiger partial charge in [-0.05, 0) is 85.2 Å². The van der Waals surface area contributed by atoms with Crippen LogP contribution in [0.4, 0.5) is 5.69 Å². The highest BCUT2D eigenvalue weighted by atomic mass is 32.1. The standard InChI is InChI=1S/C25H23N3O3S/c1-15-10-16(2)12-19(11-15)26-23(29)18-6-9-21-22(13-18)27-25(32)28(24(21)30)14-17-4-7-20(31-3)8-5-17/h4-13H,14H2,1-3H3,(H,26,29)(H,27,32). The van der Waals surface area contributed by atoms with Crippen LogP contribution in [0, 0.1) is 18.6 Å². The number of amides is 1. The van der Waals surface area contributed by atoms with E-state index in [9.17, 15) is 9.59 Å². The Morgan fingerprint density at radius 1 is 1.03 bits per heavy atom. The fourth-order valence-corrected chi connectivity index (χ4v) is 3.96. The largest absolute Gasteiger partial charge is 0.497 e. The van der Waals surface area contributed by atoms with Crippen LogP contribution in [0.25, 0.3) is 10.9 Å². The van der Waals surface area contributed by atoms with E-state index >= 15 is 0 Å². The molecule has 0 aliphatic carbocycles. The summed E-state index contributed by atoms with van der Waals surface area (Å²) in [5.41, 5.74) is 4.56. The summed E-state index contributed by atoms with van der Waals surface area (Å²) in [6, 6.07) is 18.3. The number of benzene rings is 3. The van der Waals surface area contributed by atoms with Crippen LogP contribution in [0.3, 0.4) is 0 Å². The smallest absolute Gasteiger partial charge is 0.262 e. The molecule has 0 saturated carbocycles. The van der Waals surface area contributed by atoms with Crippen LogP contribution in [-0.4, -0.2) is 22.6 Å². The van der Waals surface area contributed by atoms with Crippen LogP contribution in [0.2, 0.25) is 0 Å². The molecule has 3 aromatic carbocycles. The van der Waals surface area contributed by atoms with Crippen molar-refractivity contribution in [3.63, 3.8) is 0 Å². The van der Waals surface area contributed by atoms with E-state index in [4.69, 9.17) is 17.0 Å². The molecular weight excluding hydrogens is 422 g/mol. The summed E-state index contributed by atoms with van der Waals surface area (Å²) in [7, 11) is 1.61. The highest BCUT2D eigenvalue weighted by molar-refractivity contribution is 7.71. The molecule has 0 fully saturated rings. The van der Waals surface area contributed by atoms with Crippen molar-refractivity contribution in [1.82, 2.24) is 9.55 Å². The molecule has 4 rings (SSSR count). The molecule has 7 heteroatoms. The molecule has 1 heterocycles. The normalized spacial score (nSPS) is 10.8. The number of aryl methyl sites for hydroxylation is 2. The molecule has 4 aromatic rings. The lowest BCUT2D eigenvalue weighted by atomic mass is 10.1. The molecular formula is C25H23N3O3S. The van der Waals surface area contributed by atoms with Gasteiger partial charge in [-0.1, -0.05) is 18.2 Å². The van der Waals surface area contributed by atoms with Gasteiger partial charge < -0.3 is 15.0 Å². The van der Waals surface area contributed by atoms with Crippen molar-refractivity contribution >= 4 is 34.7 Å². The minimum atomic E-state index is -0.251. The first-order chi connectivity index (χ1) is 15.3. The van der Waals surface area contributed by atoms with E-state index in [0.29, 0.717) is 27.8 Å². The summed E-state index contributed by atoms with van der Waals surface area (Å²) in [4.78, 5) is 28.9. The average Bonchev–Trinajstić information content (AvgIpc) is 2.76. The molecule has 32 heavy (non-hydrogen) atoms. The number of carbonyl (C=O) groups is 1. The number of aromatic nitrogens is 2. The van der Waals surface area contributed by atoms with Crippen molar-refractivity contribution in [2.45, 2.75) is 20.4 Å². The highest BCUT2D eigenvalue weighted by Gasteiger charge is 2.12. The molecule has 162 valence electrons. The number of fused-ring (bicyclic) bond motifs is 1. The van der Waals surface area contributed by atoms with E-state index in [0.717, 1.165) is 28.1 Å². The molecule has 0 unspecified atom stereocenters. The lowest BCUT2D eigenvalue weighted by Gasteiger charge is -2.11. The van der Waals surface area contributed by atoms with Gasteiger partial charge in [0.05, 0.1) is 24.6 Å². The van der Waals surface area contributed by atoms with Crippen molar-refractivity contribution < 1.29 is 9.53 Å². The third-order valence-corrected chi connectivity index (χ3v) is 5.55. The van der Waals surface area contributed by atoms with E-state index in [1.54, 1.807) is 25.3 Å². The molecule has 0 spiro atoms. The van der Waals surface area contributed by atoms with Gasteiger partial charge in [0.2, 0.25) is 0 Å². The van der Waals surface area contributed by atoms with Gasteiger partial charge in [-0.25, -0.2) is 0 Å². The zero-order chi connectivity index (χ0) is 22.8. The maximum atomic E-state index is 13.1. The maximum absolute atomic E-state index is 13.1. The Labute approximate surface area is 190 Å². The number of nitrogens with zero attached hydrogens (tertiary/aromatic N) is 1. The van der Waals surface area contributed by atoms with Crippen LogP contribution in [0.15, 0.2) is 65.5 Å². The van der Waals surface area contributed by atoms with Crippen LogP contribution in [0.1, 0.15) is 27.0 Å². The second-order valence-electron chi connectivity index (χ2n) is 7.76. The number of anilines is 1. The van der Waals surface area contributed by atoms with Crippen molar-refractivity contribution in [1.29, 1.82) is 0 Å². The van der Waals surface area contributed by atoms with Crippen molar-refractivity contribution in [3.8, 4) is 5.75 Å². The van der Waals surface area contributed by atoms with Crippen LogP contribution >= 0.6 is 12.2 Å². The lowest BCUT2D eigenvalue weighted by Crippen LogP contribution is -2.23. The van der Waals surface area contributed by atoms with E-state index in [1.807, 2.05) is 56.3 Å². The van der Waals surface area contributed by atoms with Crippen LogP contribution < -0.4 is 15.6 Å². The number of H-pyrrole nitrogens is 1. The summed E-state index contributed by atoms with van der Waals surface area (Å²) in [6.45, 7) is 4.30. The van der Waals surface area contributed by atoms with Gasteiger partial charge in [0.15, 0.2) is 4.77 Å². The molecule has 0 aliphatic rings. The summed E-state index contributed by atoms with van der Waals surface area (Å²) >= 11 is 5.44. The Hall–Kier alpha value is -3.71. The van der Waals surface area contributed by atoms with Gasteiger partial charge in [0.1, 0.15) is 5.75 Å². The summed E-state index contributed by atoms with van der Waals surface area (Å²) in [5.74, 6) is 0.495. The maximum Gasteiger partial charge on any atom is 0.262 e. The number of ether oxygens (including phenoxy) is 1. The molecule has 0 aliphatic heterocycles. The zero-order valence-electron chi connectivity index (χ0n) is 18.1. The quantitative estimate of drug-likeness (QED) is 0.425. The predicted molar refractivity (Wildman–Crippen MR) is 129 cm³/mol. The van der Waals surface area contributed by atoms with Gasteiger partial charge in [-0.2, -0.15) is 0 Å². The number of nitrogens with one attached hydrogen (secondary N) is 2. The SMILES string of the molecule is COc1ccc(Cn2c(=S)[nH]c3cc(C(=O)Nc4cc(C)cc(C)c4)ccc3c2=O)cc1. The van der Waals surface area contributed by atoms with Gasteiger partial charge in [-0.3, -0.25) is 14.2 Å². The minimum absolute atomic E-state index is 0.208. The van der Waals surface area contributed by atoms with Crippen molar-refractivity contribution in [2.75, 3.05) is 12.4 Å². The second-order valence-corrected chi connectivity index (χ2v) is 8.15. The van der Waals surface area contributed by atoms with E-state index < -0.39 is 0 Å². The first-order valence-corrected chi connectivity index (χ1v) is 10.5. The number of hydrogen-bond acceptors (Lipinski definition) is 4. The van der Waals surface area contributed by atoms with Gasteiger partial charge in [0.25, 0.3) is 11.5 Å². The summed E-state index contributed by atoms with van der Waals surface area (Å²) in [5, 5.41) is 3.38. The molecule has 6 nitrogen and oxygen atoms in total. The Morgan fingerprint density at radius 2 is 1.72 bits per heavy atom. The molecule has 0 atom stereocenters. The topological polar surface area (TPSA) is 76.1 Å². The zero-order valence-corrected chi connectivity index (χ0v) is 18.9. The van der Waals surface area contributed by atoms with Crippen molar-refractivity contribution in [3.05, 3.63) is 98.0 Å². The third kappa shape index (κ3) is 4.48. The fourth-order valence-electron chi connectivity index (χ4n) is 3.70. The van der Waals surface area contributed by atoms with E-state index in [-0.39, 0.29) is 11.5 Å². The minimum Gasteiger partial charge on any atom is -0.497 e. The molecule has 1 amide bonds. The Kier molecular flexibility index (Phi) is 5.92. The summed E-state index contributed by atoms with van der Waals surface area (Å²) < 4.78 is 6.98. The molecule has 0 radical (unpaired) electrons. The molecule has 0 saturated heterocycles. The molecule has 2 N–H and O–H groups in total. The first kappa shape index (κ1) is 21.5. The van der Waals surface area contributed by atoms with E-state index in [2.05, 4.69) is 10.3 Å². The number of carbonyl (C=O) groups excluding carboxylic acids is 1. The monoisotopic (exact) mass is 445 g/mol. The van der Waals surface area contributed by atoms with E-state index in [1.165, 1.54) is 4.57 Å². The Morgan fingerprint density at radius 3 is 2.38 bits per heavy atom. The molecule has 1 aromatic heterocycles. The second kappa shape index (κ2) is 8.80. The summed E-state index contributed by atoms with van der Waals surface area (Å²) in [6.07, 6.45) is 0. The predicted octanol–water partition coefficient (Wildman–Crippen LogP) is 4.99. The molecule has 0 bridgehead atoms. The number of aromatic amines is 1. The first-order valence-electron chi connectivity index (χ1n) is 10.1. The Bertz CT molecular complexity index is 1420.